The van der Waals surface area contributed by atoms with Crippen LogP contribution >= 0.6 is 22.7 Å². The van der Waals surface area contributed by atoms with E-state index in [2.05, 4.69) is 9.88 Å². The molecule has 0 bridgehead atoms. The van der Waals surface area contributed by atoms with Crippen molar-refractivity contribution >= 4 is 22.7 Å². The van der Waals surface area contributed by atoms with E-state index in [-0.39, 0.29) is 0 Å². The molecule has 1 atom stereocenters. The maximum absolute atomic E-state index is 11.4. The van der Waals surface area contributed by atoms with Crippen LogP contribution in [0.5, 0.6) is 5.75 Å². The molecule has 0 radical (unpaired) electrons. The Kier molecular flexibility index (Phi) is 6.83. The Hall–Kier alpha value is -1.80. The van der Waals surface area contributed by atoms with Crippen molar-refractivity contribution in [2.24, 2.45) is 0 Å². The van der Waals surface area contributed by atoms with Crippen molar-refractivity contribution in [2.45, 2.75) is 51.7 Å². The van der Waals surface area contributed by atoms with E-state index in [9.17, 15) is 5.11 Å². The minimum atomic E-state index is -0.827. The van der Waals surface area contributed by atoms with Crippen molar-refractivity contribution in [3.8, 4) is 5.75 Å². The molecular formula is C23H29N3O2S2. The number of aryl methyl sites for hydroxylation is 2. The summed E-state index contributed by atoms with van der Waals surface area (Å²) in [5, 5.41) is 13.4. The highest BCUT2D eigenvalue weighted by molar-refractivity contribution is 7.12. The molecule has 30 heavy (non-hydrogen) atoms. The van der Waals surface area contributed by atoms with E-state index in [0.717, 1.165) is 66.8 Å². The third-order valence-corrected chi connectivity index (χ3v) is 7.89. The van der Waals surface area contributed by atoms with E-state index in [0.29, 0.717) is 6.61 Å². The van der Waals surface area contributed by atoms with Crippen molar-refractivity contribution in [1.29, 1.82) is 0 Å². The molecule has 0 aliphatic carbocycles. The van der Waals surface area contributed by atoms with Crippen LogP contribution in [-0.2, 0) is 18.6 Å². The van der Waals surface area contributed by atoms with Gasteiger partial charge in [-0.1, -0.05) is 18.2 Å². The van der Waals surface area contributed by atoms with Gasteiger partial charge in [0.1, 0.15) is 16.4 Å². The van der Waals surface area contributed by atoms with Crippen LogP contribution in [0.3, 0.4) is 0 Å². The van der Waals surface area contributed by atoms with Gasteiger partial charge in [-0.15, -0.1) is 22.7 Å². The average molecular weight is 444 g/mol. The van der Waals surface area contributed by atoms with Gasteiger partial charge in [0, 0.05) is 35.5 Å². The van der Waals surface area contributed by atoms with Crippen LogP contribution in [0.1, 0.15) is 44.7 Å². The summed E-state index contributed by atoms with van der Waals surface area (Å²) in [6, 6.07) is 9.88. The topological polar surface area (TPSA) is 58.5 Å². The van der Waals surface area contributed by atoms with E-state index >= 15 is 0 Å². The Morgan fingerprint density at radius 2 is 1.97 bits per heavy atom. The maximum atomic E-state index is 11.4. The fourth-order valence-electron chi connectivity index (χ4n) is 3.88. The van der Waals surface area contributed by atoms with Gasteiger partial charge in [0.2, 0.25) is 0 Å². The number of hydrogen-bond acceptors (Lipinski definition) is 7. The normalized spacial score (nSPS) is 20.2. The first-order chi connectivity index (χ1) is 14.5. The summed E-state index contributed by atoms with van der Waals surface area (Å²) in [5.74, 6) is 0.888. The van der Waals surface area contributed by atoms with Gasteiger partial charge >= 0.3 is 0 Å². The molecule has 3 aromatic rings. The predicted molar refractivity (Wildman–Crippen MR) is 122 cm³/mol. The summed E-state index contributed by atoms with van der Waals surface area (Å²) in [6.45, 7) is 7.49. The van der Waals surface area contributed by atoms with E-state index in [1.54, 1.807) is 22.7 Å². The SMILES string of the molecule is Cc1ncc(CN2CCC[C@@](O)(c3nc(C)c(CCOc4ccccc4)s3)CC2)s1. The molecule has 1 fully saturated rings. The van der Waals surface area contributed by atoms with Gasteiger partial charge < -0.3 is 9.84 Å². The standard InChI is InChI=1S/C23H29N3O2S2/c1-17-21(9-14-28-19-7-4-3-5-8-19)30-22(25-17)23(27)10-6-12-26(13-11-23)16-20-15-24-18(2)29-20/h3-5,7-8,15,27H,6,9-14,16H2,1-2H3/t23-/m0/s1. The quantitative estimate of drug-likeness (QED) is 0.573. The first-order valence-corrected chi connectivity index (χ1v) is 12.2. The van der Waals surface area contributed by atoms with Gasteiger partial charge in [-0.3, -0.25) is 4.90 Å². The first kappa shape index (κ1) is 21.4. The molecule has 1 aliphatic heterocycles. The number of para-hydroxylation sites is 1. The lowest BCUT2D eigenvalue weighted by atomic mass is 9.96. The van der Waals surface area contributed by atoms with Gasteiger partial charge in [-0.05, 0) is 51.8 Å². The zero-order valence-electron chi connectivity index (χ0n) is 17.6. The third-order valence-electron chi connectivity index (χ3n) is 5.59. The molecule has 1 aliphatic rings. The van der Waals surface area contributed by atoms with E-state index in [4.69, 9.17) is 9.72 Å². The van der Waals surface area contributed by atoms with E-state index in [1.807, 2.05) is 50.4 Å². The number of benzene rings is 1. The Labute approximate surface area is 186 Å². The summed E-state index contributed by atoms with van der Waals surface area (Å²) in [7, 11) is 0. The fourth-order valence-corrected chi connectivity index (χ4v) is 5.91. The molecule has 1 aromatic carbocycles. The van der Waals surface area contributed by atoms with Crippen LogP contribution in [0.2, 0.25) is 0 Å². The Morgan fingerprint density at radius 1 is 1.13 bits per heavy atom. The number of rotatable bonds is 7. The van der Waals surface area contributed by atoms with Crippen LogP contribution in [0.15, 0.2) is 36.5 Å². The number of aromatic nitrogens is 2. The molecule has 5 nitrogen and oxygen atoms in total. The zero-order valence-corrected chi connectivity index (χ0v) is 19.3. The van der Waals surface area contributed by atoms with Crippen molar-refractivity contribution in [3.63, 3.8) is 0 Å². The van der Waals surface area contributed by atoms with Crippen LogP contribution in [0.25, 0.3) is 0 Å². The molecule has 0 unspecified atom stereocenters. The second-order valence-corrected chi connectivity index (χ2v) is 10.3. The summed E-state index contributed by atoms with van der Waals surface area (Å²) in [6.07, 6.45) is 5.24. The van der Waals surface area contributed by atoms with Gasteiger partial charge in [0.25, 0.3) is 0 Å². The molecule has 160 valence electrons. The van der Waals surface area contributed by atoms with Crippen molar-refractivity contribution < 1.29 is 9.84 Å². The summed E-state index contributed by atoms with van der Waals surface area (Å²) < 4.78 is 5.84. The zero-order chi connectivity index (χ0) is 21.0. The molecule has 1 N–H and O–H groups in total. The van der Waals surface area contributed by atoms with Crippen molar-refractivity contribution in [1.82, 2.24) is 14.9 Å². The summed E-state index contributed by atoms with van der Waals surface area (Å²) >= 11 is 3.41. The first-order valence-electron chi connectivity index (χ1n) is 10.5. The highest BCUT2D eigenvalue weighted by atomic mass is 32.1. The molecule has 3 heterocycles. The Balaban J connectivity index is 1.36. The number of nitrogens with zero attached hydrogens (tertiary/aromatic N) is 3. The number of likely N-dealkylation sites (tertiary alicyclic amines) is 1. The number of hydrogen-bond donors (Lipinski definition) is 1. The fraction of sp³-hybridized carbons (Fsp3) is 0.478. The molecule has 1 saturated heterocycles. The number of ether oxygens (including phenoxy) is 1. The molecule has 0 saturated carbocycles. The van der Waals surface area contributed by atoms with Gasteiger partial charge in [-0.25, -0.2) is 9.97 Å². The smallest absolute Gasteiger partial charge is 0.125 e. The Morgan fingerprint density at radius 3 is 2.73 bits per heavy atom. The van der Waals surface area contributed by atoms with Gasteiger partial charge in [0.15, 0.2) is 0 Å². The van der Waals surface area contributed by atoms with E-state index in [1.165, 1.54) is 9.75 Å². The van der Waals surface area contributed by atoms with Gasteiger partial charge in [-0.2, -0.15) is 0 Å². The summed E-state index contributed by atoms with van der Waals surface area (Å²) in [4.78, 5) is 14.1. The van der Waals surface area contributed by atoms with Crippen LogP contribution in [0, 0.1) is 13.8 Å². The number of aliphatic hydroxyl groups is 1. The largest absolute Gasteiger partial charge is 0.493 e. The minimum Gasteiger partial charge on any atom is -0.493 e. The lowest BCUT2D eigenvalue weighted by molar-refractivity contribution is 0.0207. The highest BCUT2D eigenvalue weighted by Gasteiger charge is 2.35. The molecule has 0 spiro atoms. The van der Waals surface area contributed by atoms with Crippen LogP contribution in [-0.4, -0.2) is 39.7 Å². The molecular weight excluding hydrogens is 414 g/mol. The average Bonchev–Trinajstić information content (AvgIpc) is 3.26. The summed E-state index contributed by atoms with van der Waals surface area (Å²) in [5.41, 5.74) is 0.188. The minimum absolute atomic E-state index is 0.618. The Bertz CT molecular complexity index is 957. The monoisotopic (exact) mass is 443 g/mol. The molecule has 2 aromatic heterocycles. The highest BCUT2D eigenvalue weighted by Crippen LogP contribution is 2.37. The number of thiazole rings is 2. The molecule has 4 rings (SSSR count). The van der Waals surface area contributed by atoms with Gasteiger partial charge in [0.05, 0.1) is 17.3 Å². The molecule has 0 amide bonds. The second-order valence-electron chi connectivity index (χ2n) is 7.95. The predicted octanol–water partition coefficient (Wildman–Crippen LogP) is 4.71. The molecule has 7 heteroatoms. The van der Waals surface area contributed by atoms with Crippen molar-refractivity contribution in [3.05, 3.63) is 62.0 Å². The van der Waals surface area contributed by atoms with Crippen LogP contribution in [0.4, 0.5) is 0 Å². The lowest BCUT2D eigenvalue weighted by Gasteiger charge is -2.24. The lowest BCUT2D eigenvalue weighted by Crippen LogP contribution is -2.28. The third kappa shape index (κ3) is 5.27. The van der Waals surface area contributed by atoms with E-state index < -0.39 is 5.60 Å². The van der Waals surface area contributed by atoms with Crippen LogP contribution < -0.4 is 4.74 Å². The van der Waals surface area contributed by atoms with Crippen molar-refractivity contribution in [2.75, 3.05) is 19.7 Å². The second kappa shape index (κ2) is 9.56. The maximum Gasteiger partial charge on any atom is 0.125 e.